The van der Waals surface area contributed by atoms with Gasteiger partial charge in [-0.15, -0.1) is 16.4 Å². The number of aliphatic hydroxyl groups is 1. The van der Waals surface area contributed by atoms with Crippen LogP contribution in [0.1, 0.15) is 15.8 Å². The van der Waals surface area contributed by atoms with E-state index in [-0.39, 0.29) is 18.5 Å². The predicted octanol–water partition coefficient (Wildman–Crippen LogP) is 2.83. The molecule has 1 atom stereocenters. The summed E-state index contributed by atoms with van der Waals surface area (Å²) in [6, 6.07) is 7.39. The summed E-state index contributed by atoms with van der Waals surface area (Å²) in [4.78, 5) is 8.89. The fraction of sp³-hybridized carbons (Fsp3) is 0.250. The van der Waals surface area contributed by atoms with E-state index in [1.54, 1.807) is 29.7 Å². The highest BCUT2D eigenvalue weighted by molar-refractivity contribution is 7.17. The van der Waals surface area contributed by atoms with Gasteiger partial charge in [-0.05, 0) is 30.6 Å². The lowest BCUT2D eigenvalue weighted by atomic mass is 10.2. The number of hydrogen-bond donors (Lipinski definition) is 2. The highest BCUT2D eigenvalue weighted by Gasteiger charge is 2.28. The van der Waals surface area contributed by atoms with Gasteiger partial charge in [0.25, 0.3) is 0 Å². The van der Waals surface area contributed by atoms with Gasteiger partial charge in [0.15, 0.2) is 5.76 Å². The zero-order chi connectivity index (χ0) is 17.4. The van der Waals surface area contributed by atoms with Crippen LogP contribution in [0, 0.1) is 0 Å². The smallest absolute Gasteiger partial charge is 0.230 e. The van der Waals surface area contributed by atoms with Gasteiger partial charge < -0.3 is 14.6 Å². The minimum Gasteiger partial charge on any atom is -0.492 e. The summed E-state index contributed by atoms with van der Waals surface area (Å²) in [5, 5.41) is 26.4. The number of hydrogen-bond acceptors (Lipinski definition) is 8. The van der Waals surface area contributed by atoms with Crippen molar-refractivity contribution in [2.45, 2.75) is 6.04 Å². The van der Waals surface area contributed by atoms with Crippen LogP contribution in [-0.2, 0) is 0 Å². The summed E-state index contributed by atoms with van der Waals surface area (Å²) in [6.45, 7) is 0.538. The molecular weight excluding hydrogens is 360 g/mol. The molecule has 0 aliphatic carbocycles. The molecule has 0 spiro atoms. The zero-order valence-corrected chi connectivity index (χ0v) is 15.0. The van der Waals surface area contributed by atoms with Gasteiger partial charge in [0, 0.05) is 11.4 Å². The number of aliphatic hydroxyl groups excluding tert-OH is 1. The number of furan rings is 1. The van der Waals surface area contributed by atoms with Gasteiger partial charge in [-0.3, -0.25) is 4.90 Å². The maximum absolute atomic E-state index is 10.7. The number of thiophene rings is 1. The molecule has 4 aromatic rings. The van der Waals surface area contributed by atoms with Gasteiger partial charge in [0.1, 0.15) is 0 Å². The number of aromatic nitrogens is 3. The SMILES string of the molecule is CN(CCO)C(c1cccs1)c1sc2nc(-c3ccco3)nn2c1O. The molecule has 4 rings (SSSR count). The van der Waals surface area contributed by atoms with E-state index in [9.17, 15) is 10.2 Å². The van der Waals surface area contributed by atoms with Crippen LogP contribution in [0.5, 0.6) is 5.88 Å². The van der Waals surface area contributed by atoms with Gasteiger partial charge in [0.05, 0.1) is 23.8 Å². The molecule has 4 heterocycles. The van der Waals surface area contributed by atoms with Crippen LogP contribution in [0.2, 0.25) is 0 Å². The minimum atomic E-state index is -0.160. The van der Waals surface area contributed by atoms with Gasteiger partial charge in [-0.25, -0.2) is 0 Å². The van der Waals surface area contributed by atoms with Crippen molar-refractivity contribution in [3.05, 3.63) is 45.7 Å². The molecular formula is C16H16N4O3S2. The Kier molecular flexibility index (Phi) is 4.30. The predicted molar refractivity (Wildman–Crippen MR) is 96.1 cm³/mol. The standard InChI is InChI=1S/C16H16N4O3S2/c1-19(6-7-21)12(11-5-3-9-24-11)13-15(22)20-16(25-13)17-14(18-20)10-4-2-8-23-10/h2-5,8-9,12,21-22H,6-7H2,1H3. The molecule has 0 radical (unpaired) electrons. The van der Waals surface area contributed by atoms with E-state index in [0.717, 1.165) is 9.75 Å². The summed E-state index contributed by atoms with van der Waals surface area (Å²) < 4.78 is 6.75. The van der Waals surface area contributed by atoms with Gasteiger partial charge in [-0.2, -0.15) is 9.50 Å². The fourth-order valence-corrected chi connectivity index (χ4v) is 4.83. The maximum Gasteiger partial charge on any atom is 0.230 e. The topological polar surface area (TPSA) is 87.0 Å². The van der Waals surface area contributed by atoms with Crippen molar-refractivity contribution >= 4 is 27.6 Å². The lowest BCUT2D eigenvalue weighted by Crippen LogP contribution is -2.27. The summed E-state index contributed by atoms with van der Waals surface area (Å²) in [5.41, 5.74) is 0. The van der Waals surface area contributed by atoms with Crippen molar-refractivity contribution in [2.24, 2.45) is 0 Å². The number of rotatable bonds is 6. The number of nitrogens with zero attached hydrogens (tertiary/aromatic N) is 4. The summed E-state index contributed by atoms with van der Waals surface area (Å²) in [5.74, 6) is 1.06. The zero-order valence-electron chi connectivity index (χ0n) is 13.4. The summed E-state index contributed by atoms with van der Waals surface area (Å²) >= 11 is 2.99. The molecule has 25 heavy (non-hydrogen) atoms. The first kappa shape index (κ1) is 16.3. The maximum atomic E-state index is 10.7. The van der Waals surface area contributed by atoms with E-state index < -0.39 is 0 Å². The molecule has 9 heteroatoms. The Morgan fingerprint density at radius 3 is 2.88 bits per heavy atom. The van der Waals surface area contributed by atoms with E-state index in [4.69, 9.17) is 4.42 Å². The third kappa shape index (κ3) is 2.85. The third-order valence-corrected chi connectivity index (χ3v) is 5.89. The Balaban J connectivity index is 1.78. The molecule has 7 nitrogen and oxygen atoms in total. The van der Waals surface area contributed by atoms with Crippen molar-refractivity contribution in [1.82, 2.24) is 19.5 Å². The molecule has 0 saturated carbocycles. The normalized spacial score (nSPS) is 13.1. The second-order valence-corrected chi connectivity index (χ2v) is 7.51. The molecule has 0 amide bonds. The Hall–Kier alpha value is -2.20. The first-order chi connectivity index (χ1) is 12.2. The second kappa shape index (κ2) is 6.60. The van der Waals surface area contributed by atoms with E-state index in [0.29, 0.717) is 23.1 Å². The van der Waals surface area contributed by atoms with Crippen molar-refractivity contribution in [2.75, 3.05) is 20.2 Å². The average molecular weight is 376 g/mol. The quantitative estimate of drug-likeness (QED) is 0.538. The van der Waals surface area contributed by atoms with Crippen molar-refractivity contribution in [1.29, 1.82) is 0 Å². The number of aromatic hydroxyl groups is 1. The Morgan fingerprint density at radius 1 is 1.36 bits per heavy atom. The second-order valence-electron chi connectivity index (χ2n) is 5.52. The molecule has 0 bridgehead atoms. The number of likely N-dealkylation sites (N-methyl/N-ethyl adjacent to an activating group) is 1. The molecule has 4 aromatic heterocycles. The molecule has 0 fully saturated rings. The third-order valence-electron chi connectivity index (χ3n) is 3.90. The first-order valence-corrected chi connectivity index (χ1v) is 9.35. The monoisotopic (exact) mass is 376 g/mol. The van der Waals surface area contributed by atoms with Gasteiger partial charge >= 0.3 is 0 Å². The van der Waals surface area contributed by atoms with Crippen LogP contribution in [0.15, 0.2) is 40.3 Å². The van der Waals surface area contributed by atoms with E-state index in [1.807, 2.05) is 29.5 Å². The summed E-state index contributed by atoms with van der Waals surface area (Å²) in [6.07, 6.45) is 1.56. The van der Waals surface area contributed by atoms with Crippen LogP contribution in [0.25, 0.3) is 16.5 Å². The Labute approximate surface area is 151 Å². The van der Waals surface area contributed by atoms with E-state index in [2.05, 4.69) is 10.1 Å². The minimum absolute atomic E-state index is 0.0442. The summed E-state index contributed by atoms with van der Waals surface area (Å²) in [7, 11) is 1.92. The lowest BCUT2D eigenvalue weighted by Gasteiger charge is -2.25. The van der Waals surface area contributed by atoms with Crippen LogP contribution in [0.4, 0.5) is 0 Å². The number of thiazole rings is 1. The van der Waals surface area contributed by atoms with Crippen LogP contribution < -0.4 is 0 Å². The molecule has 0 aliphatic heterocycles. The average Bonchev–Trinajstić information content (AvgIpc) is 3.35. The first-order valence-electron chi connectivity index (χ1n) is 7.66. The van der Waals surface area contributed by atoms with Crippen molar-refractivity contribution < 1.29 is 14.6 Å². The van der Waals surface area contributed by atoms with Crippen LogP contribution >= 0.6 is 22.7 Å². The molecule has 0 aliphatic rings. The molecule has 1 unspecified atom stereocenters. The van der Waals surface area contributed by atoms with E-state index in [1.165, 1.54) is 15.9 Å². The highest BCUT2D eigenvalue weighted by Crippen LogP contribution is 2.41. The Morgan fingerprint density at radius 2 is 2.24 bits per heavy atom. The molecule has 130 valence electrons. The fourth-order valence-electron chi connectivity index (χ4n) is 2.72. The Bertz CT molecular complexity index is 959. The molecule has 2 N–H and O–H groups in total. The van der Waals surface area contributed by atoms with Crippen LogP contribution in [0.3, 0.4) is 0 Å². The lowest BCUT2D eigenvalue weighted by molar-refractivity contribution is 0.198. The van der Waals surface area contributed by atoms with Gasteiger partial charge in [-0.1, -0.05) is 17.4 Å². The van der Waals surface area contributed by atoms with Crippen molar-refractivity contribution in [3.63, 3.8) is 0 Å². The van der Waals surface area contributed by atoms with E-state index >= 15 is 0 Å². The molecule has 0 saturated heterocycles. The number of fused-ring (bicyclic) bond motifs is 1. The molecule has 0 aromatic carbocycles. The largest absolute Gasteiger partial charge is 0.492 e. The van der Waals surface area contributed by atoms with Gasteiger partial charge in [0.2, 0.25) is 16.7 Å². The highest BCUT2D eigenvalue weighted by atomic mass is 32.1. The van der Waals surface area contributed by atoms with Crippen molar-refractivity contribution in [3.8, 4) is 17.5 Å². The van der Waals surface area contributed by atoms with Crippen LogP contribution in [-0.4, -0.2) is 49.9 Å².